The van der Waals surface area contributed by atoms with Crippen LogP contribution in [0.4, 0.5) is 15.8 Å². The van der Waals surface area contributed by atoms with E-state index in [1.165, 1.54) is 12.3 Å². The Morgan fingerprint density at radius 1 is 1.43 bits per heavy atom. The van der Waals surface area contributed by atoms with Crippen LogP contribution < -0.4 is 5.32 Å². The normalized spacial score (nSPS) is 10.7. The number of pyridine rings is 1. The molecule has 23 heavy (non-hydrogen) atoms. The standard InChI is InChI=1S/C16H12BrFN2O3/c1-2-22-16(21)15-14(10-5-6-19-8-13(10)23-15)20-12-4-3-9(17)7-11(12)18/h3-8,20H,2H2,1H3. The van der Waals surface area contributed by atoms with Gasteiger partial charge in [0, 0.05) is 16.1 Å². The number of hydrogen-bond donors (Lipinski definition) is 1. The fraction of sp³-hybridized carbons (Fsp3) is 0.125. The van der Waals surface area contributed by atoms with Gasteiger partial charge in [0.1, 0.15) is 11.5 Å². The molecule has 0 aliphatic heterocycles. The number of esters is 1. The Kier molecular flexibility index (Phi) is 4.29. The van der Waals surface area contributed by atoms with Crippen molar-refractivity contribution in [2.45, 2.75) is 6.92 Å². The number of ether oxygens (including phenoxy) is 1. The zero-order valence-electron chi connectivity index (χ0n) is 12.1. The maximum absolute atomic E-state index is 14.1. The van der Waals surface area contributed by atoms with Gasteiger partial charge in [0.15, 0.2) is 5.58 Å². The van der Waals surface area contributed by atoms with Crippen LogP contribution in [-0.4, -0.2) is 17.6 Å². The van der Waals surface area contributed by atoms with E-state index in [2.05, 4.69) is 26.2 Å². The zero-order chi connectivity index (χ0) is 16.4. The number of nitrogens with one attached hydrogen (secondary N) is 1. The van der Waals surface area contributed by atoms with Gasteiger partial charge in [-0.1, -0.05) is 15.9 Å². The molecule has 2 aromatic heterocycles. The van der Waals surface area contributed by atoms with Gasteiger partial charge in [0.25, 0.3) is 0 Å². The van der Waals surface area contributed by atoms with Crippen molar-refractivity contribution in [1.29, 1.82) is 0 Å². The Morgan fingerprint density at radius 2 is 2.26 bits per heavy atom. The summed E-state index contributed by atoms with van der Waals surface area (Å²) in [6.07, 6.45) is 3.05. The Morgan fingerprint density at radius 3 is 3.00 bits per heavy atom. The van der Waals surface area contributed by atoms with E-state index >= 15 is 0 Å². The molecule has 0 saturated heterocycles. The molecule has 3 rings (SSSR count). The molecule has 0 aliphatic rings. The number of nitrogens with zero attached hydrogens (tertiary/aromatic N) is 1. The number of halogens is 2. The third-order valence-corrected chi connectivity index (χ3v) is 3.64. The minimum absolute atomic E-state index is 0.0165. The Balaban J connectivity index is 2.10. The molecule has 0 fully saturated rings. The summed E-state index contributed by atoms with van der Waals surface area (Å²) in [6.45, 7) is 1.91. The van der Waals surface area contributed by atoms with Crippen LogP contribution in [0, 0.1) is 5.82 Å². The zero-order valence-corrected chi connectivity index (χ0v) is 13.7. The summed E-state index contributed by atoms with van der Waals surface area (Å²) in [5, 5.41) is 3.53. The van der Waals surface area contributed by atoms with Gasteiger partial charge in [-0.2, -0.15) is 0 Å². The molecule has 0 bridgehead atoms. The summed E-state index contributed by atoms with van der Waals surface area (Å²) in [7, 11) is 0. The molecule has 0 unspecified atom stereocenters. The smallest absolute Gasteiger partial charge is 0.376 e. The Labute approximate surface area is 139 Å². The van der Waals surface area contributed by atoms with Crippen molar-refractivity contribution >= 4 is 44.2 Å². The first-order valence-electron chi connectivity index (χ1n) is 6.86. The number of carbonyl (C=O) groups is 1. The van der Waals surface area contributed by atoms with Gasteiger partial charge >= 0.3 is 5.97 Å². The number of aromatic nitrogens is 1. The SMILES string of the molecule is CCOC(=O)c1oc2cnccc2c1Nc1ccc(Br)cc1F. The molecule has 0 radical (unpaired) electrons. The number of carbonyl (C=O) groups excluding carboxylic acids is 1. The van der Waals surface area contributed by atoms with E-state index in [-0.39, 0.29) is 18.1 Å². The van der Waals surface area contributed by atoms with E-state index in [9.17, 15) is 9.18 Å². The second-order valence-electron chi connectivity index (χ2n) is 4.65. The van der Waals surface area contributed by atoms with Gasteiger partial charge in [-0.25, -0.2) is 9.18 Å². The predicted octanol–water partition coefficient (Wildman–Crippen LogP) is 4.65. The van der Waals surface area contributed by atoms with Gasteiger partial charge in [0.05, 0.1) is 18.5 Å². The second kappa shape index (κ2) is 6.37. The van der Waals surface area contributed by atoms with Gasteiger partial charge < -0.3 is 14.5 Å². The molecule has 7 heteroatoms. The Bertz CT molecular complexity index is 879. The van der Waals surface area contributed by atoms with Crippen LogP contribution in [-0.2, 0) is 4.74 Å². The van der Waals surface area contributed by atoms with Gasteiger partial charge in [-0.15, -0.1) is 0 Å². The number of rotatable bonds is 4. The average Bonchev–Trinajstić information content (AvgIpc) is 2.89. The van der Waals surface area contributed by atoms with Crippen LogP contribution in [0.2, 0.25) is 0 Å². The van der Waals surface area contributed by atoms with E-state index in [0.717, 1.165) is 0 Å². The molecule has 118 valence electrons. The molecular weight excluding hydrogens is 367 g/mol. The van der Waals surface area contributed by atoms with Crippen molar-refractivity contribution in [3.05, 3.63) is 52.7 Å². The highest BCUT2D eigenvalue weighted by Crippen LogP contribution is 2.34. The molecule has 0 saturated carbocycles. The quantitative estimate of drug-likeness (QED) is 0.669. The molecule has 1 N–H and O–H groups in total. The topological polar surface area (TPSA) is 64.4 Å². The van der Waals surface area contributed by atoms with Gasteiger partial charge in [-0.05, 0) is 31.2 Å². The molecule has 2 heterocycles. The van der Waals surface area contributed by atoms with Crippen molar-refractivity contribution < 1.29 is 18.3 Å². The number of fused-ring (bicyclic) bond motifs is 1. The first-order valence-corrected chi connectivity index (χ1v) is 7.65. The third-order valence-electron chi connectivity index (χ3n) is 3.14. The first kappa shape index (κ1) is 15.5. The summed E-state index contributed by atoms with van der Waals surface area (Å²) >= 11 is 3.20. The highest BCUT2D eigenvalue weighted by Gasteiger charge is 2.22. The lowest BCUT2D eigenvalue weighted by atomic mass is 10.2. The van der Waals surface area contributed by atoms with Crippen LogP contribution in [0.5, 0.6) is 0 Å². The van der Waals surface area contributed by atoms with E-state index in [0.29, 0.717) is 21.1 Å². The number of benzene rings is 1. The largest absolute Gasteiger partial charge is 0.460 e. The Hall–Kier alpha value is -2.41. The van der Waals surface area contributed by atoms with Crippen molar-refractivity contribution in [3.8, 4) is 0 Å². The maximum Gasteiger partial charge on any atom is 0.376 e. The highest BCUT2D eigenvalue weighted by molar-refractivity contribution is 9.10. The fourth-order valence-corrected chi connectivity index (χ4v) is 2.47. The molecule has 3 aromatic rings. The van der Waals surface area contributed by atoms with Crippen LogP contribution in [0.15, 0.2) is 45.5 Å². The van der Waals surface area contributed by atoms with Crippen LogP contribution in [0.1, 0.15) is 17.5 Å². The number of anilines is 2. The summed E-state index contributed by atoms with van der Waals surface area (Å²) in [6, 6.07) is 6.27. The fourth-order valence-electron chi connectivity index (χ4n) is 2.14. The third kappa shape index (κ3) is 3.05. The molecule has 0 aliphatic carbocycles. The molecular formula is C16H12BrFN2O3. The van der Waals surface area contributed by atoms with E-state index in [1.54, 1.807) is 31.3 Å². The molecule has 5 nitrogen and oxygen atoms in total. The maximum atomic E-state index is 14.1. The minimum atomic E-state index is -0.622. The van der Waals surface area contributed by atoms with Gasteiger partial charge in [-0.3, -0.25) is 4.98 Å². The molecule has 0 spiro atoms. The lowest BCUT2D eigenvalue weighted by Crippen LogP contribution is -2.06. The van der Waals surface area contributed by atoms with E-state index in [1.807, 2.05) is 0 Å². The first-order chi connectivity index (χ1) is 11.1. The van der Waals surface area contributed by atoms with Crippen molar-refractivity contribution in [2.75, 3.05) is 11.9 Å². The lowest BCUT2D eigenvalue weighted by Gasteiger charge is -2.08. The highest BCUT2D eigenvalue weighted by atomic mass is 79.9. The second-order valence-corrected chi connectivity index (χ2v) is 5.56. The number of furan rings is 1. The average molecular weight is 379 g/mol. The lowest BCUT2D eigenvalue weighted by molar-refractivity contribution is 0.0494. The summed E-state index contributed by atoms with van der Waals surface area (Å²) in [5.41, 5.74) is 0.982. The van der Waals surface area contributed by atoms with Crippen molar-refractivity contribution in [3.63, 3.8) is 0 Å². The molecule has 1 aromatic carbocycles. The van der Waals surface area contributed by atoms with Crippen LogP contribution in [0.3, 0.4) is 0 Å². The summed E-state index contributed by atoms with van der Waals surface area (Å²) in [4.78, 5) is 16.0. The van der Waals surface area contributed by atoms with Gasteiger partial charge in [0.2, 0.25) is 5.76 Å². The number of hydrogen-bond acceptors (Lipinski definition) is 5. The predicted molar refractivity (Wildman–Crippen MR) is 87.3 cm³/mol. The monoisotopic (exact) mass is 378 g/mol. The molecule has 0 amide bonds. The van der Waals surface area contributed by atoms with Crippen LogP contribution in [0.25, 0.3) is 11.0 Å². The molecule has 0 atom stereocenters. The van der Waals surface area contributed by atoms with E-state index in [4.69, 9.17) is 9.15 Å². The van der Waals surface area contributed by atoms with E-state index < -0.39 is 11.8 Å². The summed E-state index contributed by atoms with van der Waals surface area (Å²) in [5.74, 6) is -1.10. The van der Waals surface area contributed by atoms with Crippen molar-refractivity contribution in [1.82, 2.24) is 4.98 Å². The minimum Gasteiger partial charge on any atom is -0.460 e. The summed E-state index contributed by atoms with van der Waals surface area (Å²) < 4.78 is 25.2. The van der Waals surface area contributed by atoms with Crippen LogP contribution >= 0.6 is 15.9 Å². The van der Waals surface area contributed by atoms with Crippen molar-refractivity contribution in [2.24, 2.45) is 0 Å².